The summed E-state index contributed by atoms with van der Waals surface area (Å²) in [4.78, 5) is 14.7. The van der Waals surface area contributed by atoms with Crippen LogP contribution in [-0.2, 0) is 27.2 Å². The van der Waals surface area contributed by atoms with Crippen molar-refractivity contribution in [2.24, 2.45) is 0 Å². The van der Waals surface area contributed by atoms with E-state index >= 15 is 0 Å². The molecular weight excluding hydrogens is 401 g/mol. The average Bonchev–Trinajstić information content (AvgIpc) is 3.37. The second-order valence-corrected chi connectivity index (χ2v) is 9.26. The second kappa shape index (κ2) is 8.97. The van der Waals surface area contributed by atoms with Crippen LogP contribution < -0.4 is 5.46 Å². The van der Waals surface area contributed by atoms with Gasteiger partial charge in [0.05, 0.1) is 17.2 Å². The van der Waals surface area contributed by atoms with Crippen LogP contribution in [0.4, 0.5) is 4.79 Å². The van der Waals surface area contributed by atoms with Crippen LogP contribution in [0.2, 0.25) is 0 Å². The van der Waals surface area contributed by atoms with Crippen LogP contribution in [-0.4, -0.2) is 35.4 Å². The van der Waals surface area contributed by atoms with E-state index in [0.29, 0.717) is 6.54 Å². The smallest absolute Gasteiger partial charge is 0.445 e. The third-order valence-corrected chi connectivity index (χ3v) is 6.39. The number of nitrogens with zero attached hydrogens (tertiary/aromatic N) is 1. The van der Waals surface area contributed by atoms with Crippen LogP contribution >= 0.6 is 0 Å². The summed E-state index contributed by atoms with van der Waals surface area (Å²) in [5.41, 5.74) is 2.17. The van der Waals surface area contributed by atoms with Gasteiger partial charge in [0.15, 0.2) is 0 Å². The molecule has 0 N–H and O–H groups in total. The molecule has 1 aliphatic carbocycles. The van der Waals surface area contributed by atoms with E-state index in [2.05, 4.69) is 0 Å². The van der Waals surface area contributed by atoms with Crippen molar-refractivity contribution in [1.82, 2.24) is 4.90 Å². The number of hydrogen-bond acceptors (Lipinski definition) is 4. The zero-order chi connectivity index (χ0) is 22.8. The molecule has 1 saturated heterocycles. The summed E-state index contributed by atoms with van der Waals surface area (Å²) in [6, 6.07) is 17.7. The first kappa shape index (κ1) is 22.4. The summed E-state index contributed by atoms with van der Waals surface area (Å²) in [5.74, 6) is 0. The molecule has 6 heteroatoms. The number of hydrogen-bond donors (Lipinski definition) is 0. The van der Waals surface area contributed by atoms with Crippen molar-refractivity contribution in [3.05, 3.63) is 90.0 Å². The van der Waals surface area contributed by atoms with E-state index in [1.54, 1.807) is 4.90 Å². The van der Waals surface area contributed by atoms with Crippen LogP contribution in [0, 0.1) is 0 Å². The van der Waals surface area contributed by atoms with Gasteiger partial charge in [-0.3, -0.25) is 4.90 Å². The van der Waals surface area contributed by atoms with Gasteiger partial charge >= 0.3 is 13.2 Å². The molecule has 4 rings (SSSR count). The van der Waals surface area contributed by atoms with Crippen molar-refractivity contribution < 1.29 is 18.8 Å². The van der Waals surface area contributed by atoms with Gasteiger partial charge in [0.1, 0.15) is 6.61 Å². The number of carbonyl (C=O) groups excluding carboxylic acids is 1. The van der Waals surface area contributed by atoms with Crippen molar-refractivity contribution in [3.8, 4) is 0 Å². The van der Waals surface area contributed by atoms with Crippen molar-refractivity contribution in [1.29, 1.82) is 0 Å². The fourth-order valence-corrected chi connectivity index (χ4v) is 3.68. The molecule has 0 saturated carbocycles. The minimum absolute atomic E-state index is 0.103. The number of rotatable bonds is 6. The summed E-state index contributed by atoms with van der Waals surface area (Å²) >= 11 is 0. The normalized spacial score (nSPS) is 18.8. The van der Waals surface area contributed by atoms with E-state index in [1.807, 2.05) is 107 Å². The monoisotopic (exact) mass is 431 g/mol. The molecule has 1 heterocycles. The molecule has 2 aliphatic rings. The lowest BCUT2D eigenvalue weighted by atomic mass is 9.79. The van der Waals surface area contributed by atoms with E-state index in [-0.39, 0.29) is 29.9 Å². The maximum absolute atomic E-state index is 12.9. The fraction of sp³-hybridized carbons (Fsp3) is 0.346. The zero-order valence-electron chi connectivity index (χ0n) is 19.2. The Hall–Kier alpha value is -2.83. The molecule has 0 atom stereocenters. The Morgan fingerprint density at radius 1 is 0.906 bits per heavy atom. The van der Waals surface area contributed by atoms with Gasteiger partial charge < -0.3 is 14.0 Å². The van der Waals surface area contributed by atoms with E-state index < -0.39 is 7.12 Å². The number of ether oxygens (including phenoxy) is 1. The molecule has 32 heavy (non-hydrogen) atoms. The molecule has 0 bridgehead atoms. The predicted molar refractivity (Wildman–Crippen MR) is 126 cm³/mol. The molecule has 1 aliphatic heterocycles. The molecule has 1 amide bonds. The van der Waals surface area contributed by atoms with E-state index in [9.17, 15) is 4.79 Å². The van der Waals surface area contributed by atoms with Crippen molar-refractivity contribution in [2.75, 3.05) is 0 Å². The van der Waals surface area contributed by atoms with Gasteiger partial charge in [0.25, 0.3) is 0 Å². The predicted octanol–water partition coefficient (Wildman–Crippen LogP) is 4.62. The topological polar surface area (TPSA) is 48.0 Å². The maximum Gasteiger partial charge on any atom is 0.494 e. The highest BCUT2D eigenvalue weighted by Crippen LogP contribution is 2.36. The molecule has 2 aromatic rings. The Morgan fingerprint density at radius 2 is 1.50 bits per heavy atom. The first-order valence-corrected chi connectivity index (χ1v) is 11.0. The molecule has 5 nitrogen and oxygen atoms in total. The van der Waals surface area contributed by atoms with E-state index in [0.717, 1.165) is 16.6 Å². The fourth-order valence-electron chi connectivity index (χ4n) is 3.68. The van der Waals surface area contributed by atoms with Gasteiger partial charge in [-0.05, 0) is 44.3 Å². The van der Waals surface area contributed by atoms with Gasteiger partial charge in [-0.1, -0.05) is 78.9 Å². The lowest BCUT2D eigenvalue weighted by Gasteiger charge is -2.32. The van der Waals surface area contributed by atoms with Crippen LogP contribution in [0.25, 0.3) is 0 Å². The summed E-state index contributed by atoms with van der Waals surface area (Å²) in [6.45, 7) is 8.84. The molecule has 2 aromatic carbocycles. The third-order valence-electron chi connectivity index (χ3n) is 6.39. The summed E-state index contributed by atoms with van der Waals surface area (Å²) in [7, 11) is -0.404. The van der Waals surface area contributed by atoms with Crippen LogP contribution in [0.15, 0.2) is 78.9 Å². The second-order valence-electron chi connectivity index (χ2n) is 9.26. The first-order valence-electron chi connectivity index (χ1n) is 11.0. The maximum atomic E-state index is 12.9. The summed E-state index contributed by atoms with van der Waals surface area (Å²) in [6.07, 6.45) is 7.53. The third kappa shape index (κ3) is 4.82. The van der Waals surface area contributed by atoms with Gasteiger partial charge in [0.2, 0.25) is 0 Å². The Balaban J connectivity index is 1.38. The molecule has 0 aromatic heterocycles. The Morgan fingerprint density at radius 3 is 2.09 bits per heavy atom. The quantitative estimate of drug-likeness (QED) is 0.627. The minimum atomic E-state index is -0.404. The number of allylic oxidation sites excluding steroid dienone is 2. The Labute approximate surface area is 190 Å². The van der Waals surface area contributed by atoms with Crippen LogP contribution in [0.5, 0.6) is 0 Å². The first-order chi connectivity index (χ1) is 15.2. The largest absolute Gasteiger partial charge is 0.494 e. The highest BCUT2D eigenvalue weighted by atomic mass is 16.7. The van der Waals surface area contributed by atoms with Crippen LogP contribution in [0.3, 0.4) is 0 Å². The molecule has 0 unspecified atom stereocenters. The summed E-state index contributed by atoms with van der Waals surface area (Å²) in [5, 5.41) is 0. The van der Waals surface area contributed by atoms with Gasteiger partial charge in [-0.25, -0.2) is 4.79 Å². The number of amides is 1. The Bertz CT molecular complexity index is 970. The minimum Gasteiger partial charge on any atom is -0.445 e. The molecule has 0 radical (unpaired) electrons. The van der Waals surface area contributed by atoms with Gasteiger partial charge in [0, 0.05) is 6.54 Å². The Kier molecular flexibility index (Phi) is 6.27. The number of carbonyl (C=O) groups is 1. The molecular formula is C26H30BNO4. The number of benzene rings is 2. The summed E-state index contributed by atoms with van der Waals surface area (Å²) < 4.78 is 17.9. The molecule has 1 fully saturated rings. The highest BCUT2D eigenvalue weighted by Gasteiger charge is 2.51. The van der Waals surface area contributed by atoms with Crippen molar-refractivity contribution in [3.63, 3.8) is 0 Å². The molecule has 0 spiro atoms. The highest BCUT2D eigenvalue weighted by molar-refractivity contribution is 6.62. The van der Waals surface area contributed by atoms with Crippen LogP contribution in [0.1, 0.15) is 38.8 Å². The van der Waals surface area contributed by atoms with E-state index in [4.69, 9.17) is 14.0 Å². The van der Waals surface area contributed by atoms with Gasteiger partial charge in [-0.15, -0.1) is 0 Å². The SMILES string of the molecule is CC1(C)OB(c2ccc(COC(=O)N(Cc3ccccc3)C3C=CC=C3)cc2)OC1(C)C. The standard InChI is InChI=1S/C26H30BNO4/c1-25(2)26(3,4)32-27(31-25)22-16-14-21(15-17-22)19-30-24(29)28(23-12-8-9-13-23)18-20-10-6-5-7-11-20/h5-17,23H,18-19H2,1-4H3. The van der Waals surface area contributed by atoms with Crippen molar-refractivity contribution in [2.45, 2.75) is 58.1 Å². The average molecular weight is 431 g/mol. The van der Waals surface area contributed by atoms with Crippen molar-refractivity contribution >= 4 is 18.7 Å². The lowest BCUT2D eigenvalue weighted by Crippen LogP contribution is -2.41. The zero-order valence-corrected chi connectivity index (χ0v) is 19.2. The molecule has 166 valence electrons. The van der Waals surface area contributed by atoms with E-state index in [1.165, 1.54) is 0 Å². The lowest BCUT2D eigenvalue weighted by molar-refractivity contribution is 0.00578. The van der Waals surface area contributed by atoms with Gasteiger partial charge in [-0.2, -0.15) is 0 Å².